The number of alkyl halides is 3. The van der Waals surface area contributed by atoms with Gasteiger partial charge in [0.2, 0.25) is 0 Å². The van der Waals surface area contributed by atoms with E-state index in [-0.39, 0.29) is 18.5 Å². The van der Waals surface area contributed by atoms with E-state index < -0.39 is 11.9 Å². The van der Waals surface area contributed by atoms with E-state index in [1.807, 2.05) is 13.8 Å². The Bertz CT molecular complexity index is 408. The second kappa shape index (κ2) is 5.17. The summed E-state index contributed by atoms with van der Waals surface area (Å²) in [5.74, 6) is 0.254. The van der Waals surface area contributed by atoms with Crippen LogP contribution in [0.1, 0.15) is 54.6 Å². The Hall–Kier alpha value is -0.620. The van der Waals surface area contributed by atoms with Crippen LogP contribution in [0, 0.1) is 0 Å². The average Bonchev–Trinajstić information content (AvgIpc) is 2.55. The molecule has 6 heteroatoms. The second-order valence-corrected chi connectivity index (χ2v) is 6.10. The van der Waals surface area contributed by atoms with E-state index in [4.69, 9.17) is 0 Å². The zero-order valence-electron chi connectivity index (χ0n) is 10.5. The molecule has 18 heavy (non-hydrogen) atoms. The molecule has 2 rings (SSSR count). The number of hydrogen-bond acceptors (Lipinski definition) is 3. The molecule has 1 saturated carbocycles. The molecule has 1 aliphatic carbocycles. The van der Waals surface area contributed by atoms with Gasteiger partial charge in [-0.2, -0.15) is 13.2 Å². The molecule has 1 heterocycles. The van der Waals surface area contributed by atoms with E-state index >= 15 is 0 Å². The van der Waals surface area contributed by atoms with E-state index in [0.717, 1.165) is 19.3 Å². The van der Waals surface area contributed by atoms with Gasteiger partial charge in [-0.1, -0.05) is 20.3 Å². The summed E-state index contributed by atoms with van der Waals surface area (Å²) in [5, 5.41) is 3.69. The molecule has 0 radical (unpaired) electrons. The fourth-order valence-electron chi connectivity index (χ4n) is 1.84. The molecule has 0 saturated heterocycles. The molecular formula is C12H17F3N2S. The topological polar surface area (TPSA) is 24.9 Å². The van der Waals surface area contributed by atoms with Crippen molar-refractivity contribution in [3.63, 3.8) is 0 Å². The number of thiazole rings is 1. The van der Waals surface area contributed by atoms with Crippen molar-refractivity contribution in [2.45, 2.75) is 57.8 Å². The van der Waals surface area contributed by atoms with Crippen LogP contribution < -0.4 is 5.32 Å². The Morgan fingerprint density at radius 2 is 2.06 bits per heavy atom. The number of nitrogens with one attached hydrogen (secondary N) is 1. The molecule has 102 valence electrons. The summed E-state index contributed by atoms with van der Waals surface area (Å²) in [6.45, 7) is 4.08. The van der Waals surface area contributed by atoms with Crippen molar-refractivity contribution in [2.24, 2.45) is 0 Å². The van der Waals surface area contributed by atoms with Crippen LogP contribution in [0.25, 0.3) is 0 Å². The SMILES string of the molecule is CC(C)NCc1sc(C2CCC2)nc1C(F)(F)F. The summed E-state index contributed by atoms with van der Waals surface area (Å²) in [7, 11) is 0. The molecule has 0 atom stereocenters. The Morgan fingerprint density at radius 1 is 1.39 bits per heavy atom. The van der Waals surface area contributed by atoms with E-state index in [2.05, 4.69) is 10.3 Å². The van der Waals surface area contributed by atoms with Gasteiger partial charge < -0.3 is 5.32 Å². The van der Waals surface area contributed by atoms with Crippen molar-refractivity contribution in [1.82, 2.24) is 10.3 Å². The lowest BCUT2D eigenvalue weighted by Crippen LogP contribution is -2.23. The summed E-state index contributed by atoms with van der Waals surface area (Å²) in [4.78, 5) is 4.15. The molecule has 1 N–H and O–H groups in total. The van der Waals surface area contributed by atoms with E-state index in [9.17, 15) is 13.2 Å². The Labute approximate surface area is 109 Å². The summed E-state index contributed by atoms with van der Waals surface area (Å²) in [5.41, 5.74) is -0.692. The minimum absolute atomic E-state index is 0.167. The quantitative estimate of drug-likeness (QED) is 0.902. The molecule has 1 aliphatic rings. The van der Waals surface area contributed by atoms with E-state index in [1.54, 1.807) is 0 Å². The van der Waals surface area contributed by atoms with Crippen LogP contribution in [-0.2, 0) is 12.7 Å². The van der Waals surface area contributed by atoms with Gasteiger partial charge in [0.15, 0.2) is 5.69 Å². The lowest BCUT2D eigenvalue weighted by molar-refractivity contribution is -0.141. The first-order valence-corrected chi connectivity index (χ1v) is 6.99. The van der Waals surface area contributed by atoms with Crippen LogP contribution in [0.5, 0.6) is 0 Å². The molecule has 2 nitrogen and oxygen atoms in total. The third kappa shape index (κ3) is 3.03. The number of nitrogens with zero attached hydrogens (tertiary/aromatic N) is 1. The van der Waals surface area contributed by atoms with Gasteiger partial charge in [0.05, 0.1) is 9.88 Å². The maximum absolute atomic E-state index is 12.9. The molecular weight excluding hydrogens is 261 g/mol. The van der Waals surface area contributed by atoms with Gasteiger partial charge in [0, 0.05) is 18.5 Å². The first-order chi connectivity index (χ1) is 8.38. The van der Waals surface area contributed by atoms with Crippen LogP contribution in [0.3, 0.4) is 0 Å². The van der Waals surface area contributed by atoms with E-state index in [1.165, 1.54) is 11.3 Å². The highest BCUT2D eigenvalue weighted by molar-refractivity contribution is 7.11. The van der Waals surface area contributed by atoms with Crippen molar-refractivity contribution in [2.75, 3.05) is 0 Å². The Morgan fingerprint density at radius 3 is 2.50 bits per heavy atom. The molecule has 0 spiro atoms. The minimum atomic E-state index is -4.34. The first kappa shape index (κ1) is 13.8. The average molecular weight is 278 g/mol. The van der Waals surface area contributed by atoms with Crippen LogP contribution >= 0.6 is 11.3 Å². The third-order valence-electron chi connectivity index (χ3n) is 3.11. The van der Waals surface area contributed by atoms with Gasteiger partial charge in [-0.3, -0.25) is 0 Å². The van der Waals surface area contributed by atoms with Gasteiger partial charge in [-0.25, -0.2) is 4.98 Å². The Kier molecular flexibility index (Phi) is 3.96. The van der Waals surface area contributed by atoms with Crippen molar-refractivity contribution >= 4 is 11.3 Å². The molecule has 0 aromatic carbocycles. The second-order valence-electron chi connectivity index (χ2n) is 4.99. The standard InChI is InChI=1S/C12H17F3N2S/c1-7(2)16-6-9-10(12(13,14)15)17-11(18-9)8-4-3-5-8/h7-8,16H,3-6H2,1-2H3. The summed E-state index contributed by atoms with van der Waals surface area (Å²) in [6, 6.07) is 0.167. The predicted octanol–water partition coefficient (Wildman–Crippen LogP) is 3.93. The fourth-order valence-corrected chi connectivity index (χ4v) is 3.04. The lowest BCUT2D eigenvalue weighted by atomic mass is 9.86. The van der Waals surface area contributed by atoms with Crippen LogP contribution in [0.2, 0.25) is 0 Å². The highest BCUT2D eigenvalue weighted by Gasteiger charge is 2.38. The largest absolute Gasteiger partial charge is 0.434 e. The monoisotopic (exact) mass is 278 g/mol. The molecule has 1 aromatic rings. The zero-order valence-corrected chi connectivity index (χ0v) is 11.3. The minimum Gasteiger partial charge on any atom is -0.310 e. The van der Waals surface area contributed by atoms with Gasteiger partial charge in [-0.15, -0.1) is 11.3 Å². The lowest BCUT2D eigenvalue weighted by Gasteiger charge is -2.22. The van der Waals surface area contributed by atoms with Crippen LogP contribution in [0.4, 0.5) is 13.2 Å². The smallest absolute Gasteiger partial charge is 0.310 e. The van der Waals surface area contributed by atoms with Gasteiger partial charge >= 0.3 is 6.18 Å². The van der Waals surface area contributed by atoms with Crippen LogP contribution in [-0.4, -0.2) is 11.0 Å². The Balaban J connectivity index is 2.21. The molecule has 0 aliphatic heterocycles. The fraction of sp³-hybridized carbons (Fsp3) is 0.750. The van der Waals surface area contributed by atoms with Crippen LogP contribution in [0.15, 0.2) is 0 Å². The van der Waals surface area contributed by atoms with Crippen molar-refractivity contribution < 1.29 is 13.2 Å². The number of hydrogen-bond donors (Lipinski definition) is 1. The highest BCUT2D eigenvalue weighted by atomic mass is 32.1. The predicted molar refractivity (Wildman–Crippen MR) is 65.7 cm³/mol. The summed E-state index contributed by atoms with van der Waals surface area (Å²) in [6.07, 6.45) is -1.29. The van der Waals surface area contributed by atoms with Gasteiger partial charge in [0.25, 0.3) is 0 Å². The maximum atomic E-state index is 12.9. The molecule has 0 bridgehead atoms. The number of aromatic nitrogens is 1. The summed E-state index contributed by atoms with van der Waals surface area (Å²) >= 11 is 1.22. The molecule has 0 amide bonds. The zero-order chi connectivity index (χ0) is 13.3. The van der Waals surface area contributed by atoms with Gasteiger partial charge in [-0.05, 0) is 12.8 Å². The van der Waals surface area contributed by atoms with Crippen molar-refractivity contribution in [3.05, 3.63) is 15.6 Å². The first-order valence-electron chi connectivity index (χ1n) is 6.18. The number of halogens is 3. The molecule has 0 unspecified atom stereocenters. The van der Waals surface area contributed by atoms with Gasteiger partial charge in [0.1, 0.15) is 0 Å². The van der Waals surface area contributed by atoms with Crippen molar-refractivity contribution in [1.29, 1.82) is 0 Å². The van der Waals surface area contributed by atoms with E-state index in [0.29, 0.717) is 9.88 Å². The number of rotatable bonds is 4. The normalized spacial score (nSPS) is 17.2. The third-order valence-corrected chi connectivity index (χ3v) is 4.33. The van der Waals surface area contributed by atoms with Crippen molar-refractivity contribution in [3.8, 4) is 0 Å². The maximum Gasteiger partial charge on any atom is 0.434 e. The molecule has 1 aromatic heterocycles. The molecule has 1 fully saturated rings. The summed E-state index contributed by atoms with van der Waals surface area (Å²) < 4.78 is 38.7. The highest BCUT2D eigenvalue weighted by Crippen LogP contribution is 2.42.